The van der Waals surface area contributed by atoms with Crippen molar-refractivity contribution in [3.05, 3.63) is 0 Å². The molecule has 9 nitrogen and oxygen atoms in total. The third-order valence-electron chi connectivity index (χ3n) is 2.89. The second-order valence-corrected chi connectivity index (χ2v) is 4.95. The van der Waals surface area contributed by atoms with Gasteiger partial charge >= 0.3 is 17.4 Å². The fourth-order valence-electron chi connectivity index (χ4n) is 0.498. The van der Waals surface area contributed by atoms with Gasteiger partial charge in [-0.3, -0.25) is 14.4 Å². The van der Waals surface area contributed by atoms with Crippen LogP contribution < -0.4 is 15.3 Å². The first-order chi connectivity index (χ1) is 10.7. The standard InChI is InChI=1S/3C5H8O3.Al/c3*1-3(4(2)6)5(7)8;/h3*3H,1-2H3,(H,7,8);/q;;;+3/p-3. The number of hydrogen-bond acceptors (Lipinski definition) is 9. The van der Waals surface area contributed by atoms with Gasteiger partial charge in [-0.25, -0.2) is 0 Å². The Labute approximate surface area is 156 Å². The summed E-state index contributed by atoms with van der Waals surface area (Å²) in [7, 11) is 0. The first-order valence-electron chi connectivity index (χ1n) is 6.80. The molecule has 0 fully saturated rings. The smallest absolute Gasteiger partial charge is 0.549 e. The number of hydrogen-bond donors (Lipinski definition) is 0. The van der Waals surface area contributed by atoms with Crippen LogP contribution in [0, 0.1) is 17.8 Å². The molecule has 3 unspecified atom stereocenters. The van der Waals surface area contributed by atoms with E-state index in [1.165, 1.54) is 41.5 Å². The Hall–Kier alpha value is -2.05. The topological polar surface area (TPSA) is 172 Å². The van der Waals surface area contributed by atoms with Gasteiger partial charge in [0.1, 0.15) is 17.3 Å². The zero-order chi connectivity index (χ0) is 20.2. The molecule has 0 rings (SSSR count). The molecular formula is C15H21AlO9. The number of carboxylic acid groups (broad SMARTS) is 3. The monoisotopic (exact) mass is 372 g/mol. The maximum absolute atomic E-state index is 10.2. The Morgan fingerprint density at radius 1 is 0.520 bits per heavy atom. The molecule has 0 bridgehead atoms. The molecule has 0 radical (unpaired) electrons. The van der Waals surface area contributed by atoms with Crippen LogP contribution in [-0.2, 0) is 28.8 Å². The number of Topliss-reactive ketones (excluding diaryl/α,β-unsaturated/α-hetero) is 3. The Morgan fingerprint density at radius 2 is 0.640 bits per heavy atom. The molecule has 0 N–H and O–H groups in total. The van der Waals surface area contributed by atoms with Crippen LogP contribution in [0.1, 0.15) is 41.5 Å². The van der Waals surface area contributed by atoms with Crippen LogP contribution in [0.15, 0.2) is 0 Å². The first kappa shape index (κ1) is 30.8. The van der Waals surface area contributed by atoms with Crippen LogP contribution in [0.4, 0.5) is 0 Å². The van der Waals surface area contributed by atoms with Crippen molar-refractivity contribution in [2.24, 2.45) is 17.8 Å². The van der Waals surface area contributed by atoms with Crippen molar-refractivity contribution in [3.8, 4) is 0 Å². The SMILES string of the molecule is CC(=O)C(C)C(=O)[O-].CC(=O)C(C)C(=O)[O-].CC(=O)C(C)C(=O)[O-].[Al+3]. The zero-order valence-electron chi connectivity index (χ0n) is 15.0. The van der Waals surface area contributed by atoms with Gasteiger partial charge in [0.2, 0.25) is 0 Å². The Kier molecular flexibility index (Phi) is 19.1. The van der Waals surface area contributed by atoms with Crippen LogP contribution in [0.25, 0.3) is 0 Å². The molecule has 0 spiro atoms. The van der Waals surface area contributed by atoms with Gasteiger partial charge in [0, 0.05) is 0 Å². The number of carboxylic acids is 3. The number of rotatable bonds is 6. The van der Waals surface area contributed by atoms with Crippen molar-refractivity contribution in [1.29, 1.82) is 0 Å². The van der Waals surface area contributed by atoms with Crippen molar-refractivity contribution in [3.63, 3.8) is 0 Å². The molecule has 10 heteroatoms. The Balaban J connectivity index is -0.000000130. The van der Waals surface area contributed by atoms with Crippen molar-refractivity contribution in [2.45, 2.75) is 41.5 Å². The molecule has 3 atom stereocenters. The Bertz CT molecular complexity index is 386. The molecule has 0 aromatic carbocycles. The second kappa shape index (κ2) is 15.5. The molecule has 0 aromatic heterocycles. The van der Waals surface area contributed by atoms with E-state index in [1.807, 2.05) is 0 Å². The third kappa shape index (κ3) is 18.1. The number of aliphatic carboxylic acids is 3. The molecule has 0 aliphatic rings. The van der Waals surface area contributed by atoms with E-state index in [-0.39, 0.29) is 34.7 Å². The normalized spacial score (nSPS) is 12.2. The molecule has 0 aliphatic carbocycles. The zero-order valence-corrected chi connectivity index (χ0v) is 16.1. The van der Waals surface area contributed by atoms with Gasteiger partial charge in [-0.2, -0.15) is 0 Å². The van der Waals surface area contributed by atoms with E-state index in [2.05, 4.69) is 0 Å². The van der Waals surface area contributed by atoms with E-state index in [0.29, 0.717) is 0 Å². The van der Waals surface area contributed by atoms with Crippen LogP contribution in [0.2, 0.25) is 0 Å². The molecule has 138 valence electrons. The van der Waals surface area contributed by atoms with Crippen molar-refractivity contribution >= 4 is 52.6 Å². The van der Waals surface area contributed by atoms with Crippen molar-refractivity contribution in [1.82, 2.24) is 0 Å². The average molecular weight is 372 g/mol. The van der Waals surface area contributed by atoms with E-state index in [4.69, 9.17) is 0 Å². The first-order valence-corrected chi connectivity index (χ1v) is 6.80. The molecule has 0 saturated heterocycles. The van der Waals surface area contributed by atoms with Crippen LogP contribution >= 0.6 is 0 Å². The fourth-order valence-corrected chi connectivity index (χ4v) is 0.498. The summed E-state index contributed by atoms with van der Waals surface area (Å²) in [5.41, 5.74) is 0. The quantitative estimate of drug-likeness (QED) is 0.339. The average Bonchev–Trinajstić information content (AvgIpc) is 2.45. The third-order valence-corrected chi connectivity index (χ3v) is 2.89. The van der Waals surface area contributed by atoms with Gasteiger partial charge < -0.3 is 29.7 Å². The summed E-state index contributed by atoms with van der Waals surface area (Å²) in [5, 5.41) is 29.4. The summed E-state index contributed by atoms with van der Waals surface area (Å²) >= 11 is 0. The van der Waals surface area contributed by atoms with E-state index < -0.39 is 35.7 Å². The molecule has 0 saturated carbocycles. The minimum absolute atomic E-state index is 0. The van der Waals surface area contributed by atoms with E-state index in [0.717, 1.165) is 0 Å². The van der Waals surface area contributed by atoms with E-state index >= 15 is 0 Å². The summed E-state index contributed by atoms with van der Waals surface area (Å²) in [5.74, 6) is -7.92. The molecule has 0 aliphatic heterocycles. The van der Waals surface area contributed by atoms with Gasteiger partial charge in [-0.15, -0.1) is 0 Å². The minimum Gasteiger partial charge on any atom is -0.549 e. The molecule has 0 amide bonds. The van der Waals surface area contributed by atoms with Crippen LogP contribution in [0.5, 0.6) is 0 Å². The predicted molar refractivity (Wildman–Crippen MR) is 80.3 cm³/mol. The van der Waals surface area contributed by atoms with E-state index in [1.54, 1.807) is 0 Å². The van der Waals surface area contributed by atoms with Gasteiger partial charge in [-0.1, -0.05) is 20.8 Å². The molecule has 0 aromatic rings. The number of ketones is 3. The minimum atomic E-state index is -1.31. The summed E-state index contributed by atoms with van der Waals surface area (Å²) in [4.78, 5) is 59.9. The maximum Gasteiger partial charge on any atom is 3.00 e. The van der Waals surface area contributed by atoms with Gasteiger partial charge in [0.05, 0.1) is 35.7 Å². The second-order valence-electron chi connectivity index (χ2n) is 4.95. The van der Waals surface area contributed by atoms with Crippen LogP contribution in [0.3, 0.4) is 0 Å². The largest absolute Gasteiger partial charge is 3.00 e. The molecule has 0 heterocycles. The fraction of sp³-hybridized carbons (Fsp3) is 0.600. The van der Waals surface area contributed by atoms with Gasteiger partial charge in [0.15, 0.2) is 0 Å². The van der Waals surface area contributed by atoms with Gasteiger partial charge in [-0.05, 0) is 20.8 Å². The summed E-state index contributed by atoms with van der Waals surface area (Å²) in [6.45, 7) is 7.58. The molecular weight excluding hydrogens is 351 g/mol. The maximum atomic E-state index is 10.2. The van der Waals surface area contributed by atoms with Crippen molar-refractivity contribution in [2.75, 3.05) is 0 Å². The van der Waals surface area contributed by atoms with Crippen LogP contribution in [-0.4, -0.2) is 52.6 Å². The van der Waals surface area contributed by atoms with Crippen molar-refractivity contribution < 1.29 is 44.1 Å². The molecule has 25 heavy (non-hydrogen) atoms. The number of carbonyl (C=O) groups is 6. The van der Waals surface area contributed by atoms with Gasteiger partial charge in [0.25, 0.3) is 0 Å². The summed E-state index contributed by atoms with van der Waals surface area (Å²) in [6.07, 6.45) is 0. The Morgan fingerprint density at radius 3 is 0.640 bits per heavy atom. The number of carbonyl (C=O) groups excluding carboxylic acids is 6. The van der Waals surface area contributed by atoms with E-state index in [9.17, 15) is 44.1 Å². The summed E-state index contributed by atoms with van der Waals surface area (Å²) < 4.78 is 0. The summed E-state index contributed by atoms with van der Waals surface area (Å²) in [6, 6.07) is 0. The predicted octanol–water partition coefficient (Wildman–Crippen LogP) is -3.50.